The molecule has 8 nitrogen and oxygen atoms in total. The molecule has 0 N–H and O–H groups in total. The molecule has 2 unspecified atom stereocenters. The van der Waals surface area contributed by atoms with E-state index in [-0.39, 0.29) is 12.0 Å². The molecule has 0 aliphatic carbocycles. The molecule has 4 rings (SSSR count). The van der Waals surface area contributed by atoms with E-state index in [0.717, 1.165) is 32.0 Å². The van der Waals surface area contributed by atoms with E-state index in [9.17, 15) is 4.79 Å². The molecule has 0 spiro atoms. The van der Waals surface area contributed by atoms with Crippen molar-refractivity contribution in [3.05, 3.63) is 42.5 Å². The summed E-state index contributed by atoms with van der Waals surface area (Å²) in [5, 5.41) is 7.52. The zero-order valence-electron chi connectivity index (χ0n) is 13.9. The smallest absolute Gasteiger partial charge is 0.255 e. The highest BCUT2D eigenvalue weighted by Crippen LogP contribution is 2.26. The number of anilines is 1. The first kappa shape index (κ1) is 15.9. The number of piperidine rings is 1. The maximum Gasteiger partial charge on any atom is 0.255 e. The lowest BCUT2D eigenvalue weighted by molar-refractivity contribution is -0.0169. The first-order chi connectivity index (χ1) is 12.3. The molecule has 0 bridgehead atoms. The molecule has 0 aromatic carbocycles. The van der Waals surface area contributed by atoms with Gasteiger partial charge in [-0.05, 0) is 18.6 Å². The standard InChI is InChI=1S/C17H20N6O2/c24-16(13-2-6-20-21-10-13)22-7-3-14-11-23(8-9-25-15(14)12-22)17-18-4-1-5-19-17/h1-2,4-6,10,14-15H,3,7-9,11-12H2. The van der Waals surface area contributed by atoms with Crippen molar-refractivity contribution < 1.29 is 9.53 Å². The number of nitrogens with zero attached hydrogens (tertiary/aromatic N) is 6. The summed E-state index contributed by atoms with van der Waals surface area (Å²) in [5.41, 5.74) is 0.571. The lowest BCUT2D eigenvalue weighted by Crippen LogP contribution is -2.49. The lowest BCUT2D eigenvalue weighted by Gasteiger charge is -2.38. The van der Waals surface area contributed by atoms with Crippen LogP contribution in [0.2, 0.25) is 0 Å². The maximum atomic E-state index is 12.6. The normalized spacial score (nSPS) is 23.7. The molecule has 2 aliphatic rings. The molecular formula is C17H20N6O2. The summed E-state index contributed by atoms with van der Waals surface area (Å²) < 4.78 is 6.06. The molecule has 0 saturated carbocycles. The Hall–Kier alpha value is -2.61. The highest BCUT2D eigenvalue weighted by Gasteiger charge is 2.35. The van der Waals surface area contributed by atoms with Gasteiger partial charge in [0.1, 0.15) is 0 Å². The Balaban J connectivity index is 1.44. The summed E-state index contributed by atoms with van der Waals surface area (Å²) >= 11 is 0. The van der Waals surface area contributed by atoms with Gasteiger partial charge in [-0.2, -0.15) is 10.2 Å². The predicted octanol–water partition coefficient (Wildman–Crippen LogP) is 0.634. The van der Waals surface area contributed by atoms with Crippen molar-refractivity contribution in [2.45, 2.75) is 12.5 Å². The van der Waals surface area contributed by atoms with Gasteiger partial charge in [-0.15, -0.1) is 0 Å². The van der Waals surface area contributed by atoms with E-state index in [1.54, 1.807) is 24.7 Å². The molecule has 4 heterocycles. The minimum Gasteiger partial charge on any atom is -0.374 e. The third-order valence-corrected chi connectivity index (χ3v) is 4.80. The fourth-order valence-electron chi connectivity index (χ4n) is 3.47. The molecule has 0 radical (unpaired) electrons. The fourth-order valence-corrected chi connectivity index (χ4v) is 3.47. The van der Waals surface area contributed by atoms with Crippen molar-refractivity contribution in [1.29, 1.82) is 0 Å². The van der Waals surface area contributed by atoms with E-state index < -0.39 is 0 Å². The van der Waals surface area contributed by atoms with E-state index in [1.165, 1.54) is 6.20 Å². The van der Waals surface area contributed by atoms with Crippen LogP contribution in [-0.2, 0) is 4.74 Å². The van der Waals surface area contributed by atoms with Gasteiger partial charge in [-0.1, -0.05) is 0 Å². The number of aromatic nitrogens is 4. The molecule has 25 heavy (non-hydrogen) atoms. The van der Waals surface area contributed by atoms with Crippen LogP contribution in [0.25, 0.3) is 0 Å². The van der Waals surface area contributed by atoms with Gasteiger partial charge >= 0.3 is 0 Å². The summed E-state index contributed by atoms with van der Waals surface area (Å²) in [6, 6.07) is 3.52. The van der Waals surface area contributed by atoms with Crippen LogP contribution in [0, 0.1) is 5.92 Å². The molecule has 2 fully saturated rings. The van der Waals surface area contributed by atoms with Crippen LogP contribution >= 0.6 is 0 Å². The summed E-state index contributed by atoms with van der Waals surface area (Å²) in [5.74, 6) is 1.10. The Morgan fingerprint density at radius 2 is 2.00 bits per heavy atom. The van der Waals surface area contributed by atoms with Crippen molar-refractivity contribution >= 4 is 11.9 Å². The van der Waals surface area contributed by atoms with Crippen molar-refractivity contribution in [2.75, 3.05) is 37.7 Å². The Kier molecular flexibility index (Phi) is 4.51. The van der Waals surface area contributed by atoms with Crippen molar-refractivity contribution in [1.82, 2.24) is 25.1 Å². The van der Waals surface area contributed by atoms with Crippen LogP contribution < -0.4 is 4.90 Å². The molecule has 2 aromatic rings. The number of carbonyl (C=O) groups is 1. The second-order valence-electron chi connectivity index (χ2n) is 6.34. The SMILES string of the molecule is O=C(c1ccnnc1)N1CCC2CN(c3ncccn3)CCOC2C1. The second kappa shape index (κ2) is 7.10. The van der Waals surface area contributed by atoms with Crippen molar-refractivity contribution in [3.63, 3.8) is 0 Å². The Morgan fingerprint density at radius 1 is 1.12 bits per heavy atom. The quantitative estimate of drug-likeness (QED) is 0.793. The zero-order valence-corrected chi connectivity index (χ0v) is 13.9. The first-order valence-electron chi connectivity index (χ1n) is 8.51. The van der Waals surface area contributed by atoms with Gasteiger partial charge in [-0.3, -0.25) is 4.79 Å². The summed E-state index contributed by atoms with van der Waals surface area (Å²) in [7, 11) is 0. The number of likely N-dealkylation sites (tertiary alicyclic amines) is 1. The molecule has 2 aromatic heterocycles. The van der Waals surface area contributed by atoms with Crippen LogP contribution in [0.3, 0.4) is 0 Å². The van der Waals surface area contributed by atoms with Gasteiger partial charge in [0.2, 0.25) is 5.95 Å². The molecule has 2 aliphatic heterocycles. The predicted molar refractivity (Wildman–Crippen MR) is 90.0 cm³/mol. The van der Waals surface area contributed by atoms with Gasteiger partial charge in [-0.25, -0.2) is 9.97 Å². The number of amides is 1. The molecule has 130 valence electrons. The zero-order chi connectivity index (χ0) is 17.1. The third kappa shape index (κ3) is 3.43. The minimum absolute atomic E-state index is 0.00977. The number of hydrogen-bond acceptors (Lipinski definition) is 7. The van der Waals surface area contributed by atoms with Crippen LogP contribution in [0.4, 0.5) is 5.95 Å². The highest BCUT2D eigenvalue weighted by atomic mass is 16.5. The molecule has 2 atom stereocenters. The van der Waals surface area contributed by atoms with E-state index in [4.69, 9.17) is 4.74 Å². The Labute approximate surface area is 145 Å². The monoisotopic (exact) mass is 340 g/mol. The number of ether oxygens (including phenoxy) is 1. The summed E-state index contributed by atoms with van der Waals surface area (Å²) in [6.07, 6.45) is 7.52. The van der Waals surface area contributed by atoms with Gasteiger partial charge in [0.15, 0.2) is 0 Å². The number of fused-ring (bicyclic) bond motifs is 1. The molecule has 2 saturated heterocycles. The van der Waals surface area contributed by atoms with Crippen LogP contribution in [-0.4, -0.2) is 69.9 Å². The molecular weight excluding hydrogens is 320 g/mol. The number of rotatable bonds is 2. The topological polar surface area (TPSA) is 84.3 Å². The Bertz CT molecular complexity index is 714. The summed E-state index contributed by atoms with van der Waals surface area (Å²) in [4.78, 5) is 25.3. The Morgan fingerprint density at radius 3 is 2.80 bits per heavy atom. The third-order valence-electron chi connectivity index (χ3n) is 4.80. The number of carbonyl (C=O) groups excluding carboxylic acids is 1. The second-order valence-corrected chi connectivity index (χ2v) is 6.34. The van der Waals surface area contributed by atoms with E-state index in [2.05, 4.69) is 25.1 Å². The largest absolute Gasteiger partial charge is 0.374 e. The molecule has 1 amide bonds. The van der Waals surface area contributed by atoms with Gasteiger partial charge in [0, 0.05) is 44.5 Å². The van der Waals surface area contributed by atoms with E-state index >= 15 is 0 Å². The average Bonchev–Trinajstić information content (AvgIpc) is 2.90. The number of hydrogen-bond donors (Lipinski definition) is 0. The summed E-state index contributed by atoms with van der Waals surface area (Å²) in [6.45, 7) is 3.55. The average molecular weight is 340 g/mol. The van der Waals surface area contributed by atoms with Crippen LogP contribution in [0.15, 0.2) is 36.9 Å². The van der Waals surface area contributed by atoms with Crippen molar-refractivity contribution in [3.8, 4) is 0 Å². The minimum atomic E-state index is -0.00977. The van der Waals surface area contributed by atoms with Gasteiger partial charge in [0.25, 0.3) is 5.91 Å². The van der Waals surface area contributed by atoms with Crippen molar-refractivity contribution in [2.24, 2.45) is 5.92 Å². The van der Waals surface area contributed by atoms with E-state index in [0.29, 0.717) is 24.6 Å². The van der Waals surface area contributed by atoms with Crippen LogP contribution in [0.1, 0.15) is 16.8 Å². The maximum absolute atomic E-state index is 12.6. The van der Waals surface area contributed by atoms with Gasteiger partial charge < -0.3 is 14.5 Å². The van der Waals surface area contributed by atoms with E-state index in [1.807, 2.05) is 11.0 Å². The van der Waals surface area contributed by atoms with Crippen LogP contribution in [0.5, 0.6) is 0 Å². The highest BCUT2D eigenvalue weighted by molar-refractivity contribution is 5.93. The molecule has 8 heteroatoms. The first-order valence-corrected chi connectivity index (χ1v) is 8.51. The fraction of sp³-hybridized carbons (Fsp3) is 0.471. The van der Waals surface area contributed by atoms with Gasteiger partial charge in [0.05, 0.1) is 30.7 Å². The lowest BCUT2D eigenvalue weighted by atomic mass is 9.93.